The van der Waals surface area contributed by atoms with Crippen LogP contribution in [0.15, 0.2) is 22.4 Å². The van der Waals surface area contributed by atoms with Crippen molar-refractivity contribution in [1.82, 2.24) is 5.32 Å². The van der Waals surface area contributed by atoms with E-state index in [1.807, 2.05) is 26.8 Å². The maximum Gasteiger partial charge on any atom is 0.307 e. The maximum absolute atomic E-state index is 12.8. The van der Waals surface area contributed by atoms with Gasteiger partial charge in [-0.2, -0.15) is 0 Å². The highest BCUT2D eigenvalue weighted by Crippen LogP contribution is 2.41. The zero-order chi connectivity index (χ0) is 18.1. The fourth-order valence-electron chi connectivity index (χ4n) is 3.33. The molecule has 5 heteroatoms. The van der Waals surface area contributed by atoms with Gasteiger partial charge in [0.25, 0.3) is 5.91 Å². The molecule has 1 amide bonds. The normalized spacial score (nSPS) is 20.3. The van der Waals surface area contributed by atoms with E-state index in [4.69, 9.17) is 4.74 Å². The number of ether oxygens (including phenoxy) is 1. The molecule has 24 heavy (non-hydrogen) atoms. The van der Waals surface area contributed by atoms with Crippen LogP contribution in [0.2, 0.25) is 0 Å². The molecule has 0 aromatic heterocycles. The highest BCUT2D eigenvalue weighted by atomic mass is 79.9. The Morgan fingerprint density at radius 3 is 2.54 bits per heavy atom. The van der Waals surface area contributed by atoms with Crippen molar-refractivity contribution in [1.29, 1.82) is 0 Å². The molecule has 0 radical (unpaired) electrons. The van der Waals surface area contributed by atoms with Gasteiger partial charge in [0.05, 0.1) is 11.1 Å². The van der Waals surface area contributed by atoms with Crippen molar-refractivity contribution in [2.45, 2.75) is 59.4 Å². The largest absolute Gasteiger partial charge is 0.428 e. The van der Waals surface area contributed by atoms with Gasteiger partial charge in [0, 0.05) is 17.0 Å². The van der Waals surface area contributed by atoms with E-state index in [-0.39, 0.29) is 5.91 Å². The molecule has 0 bridgehead atoms. The number of rotatable bonds is 5. The first-order valence-electron chi connectivity index (χ1n) is 8.28. The molecule has 1 heterocycles. The monoisotopic (exact) mass is 393 g/mol. The van der Waals surface area contributed by atoms with E-state index in [9.17, 15) is 9.59 Å². The SMILES string of the molecule is CCCC1(C)NC(=O)C(c2c(Br)cc(C)cc2CC)=C1OC(C)=O. The Morgan fingerprint density at radius 2 is 2.00 bits per heavy atom. The van der Waals surface area contributed by atoms with E-state index in [1.165, 1.54) is 6.92 Å². The summed E-state index contributed by atoms with van der Waals surface area (Å²) < 4.78 is 6.38. The number of nitrogens with one attached hydrogen (secondary N) is 1. The molecule has 1 N–H and O–H groups in total. The number of carbonyl (C=O) groups is 2. The topological polar surface area (TPSA) is 55.4 Å². The molecule has 130 valence electrons. The first kappa shape index (κ1) is 18.7. The van der Waals surface area contributed by atoms with Gasteiger partial charge < -0.3 is 10.1 Å². The lowest BCUT2D eigenvalue weighted by atomic mass is 9.90. The molecule has 1 aliphatic rings. The quantitative estimate of drug-likeness (QED) is 0.759. The number of carbonyl (C=O) groups excluding carboxylic acids is 2. The number of aryl methyl sites for hydroxylation is 2. The second-order valence-electron chi connectivity index (χ2n) is 6.47. The van der Waals surface area contributed by atoms with Crippen LogP contribution < -0.4 is 5.32 Å². The molecule has 2 rings (SSSR count). The summed E-state index contributed by atoms with van der Waals surface area (Å²) in [6.07, 6.45) is 2.35. The predicted octanol–water partition coefficient (Wildman–Crippen LogP) is 4.28. The molecule has 0 fully saturated rings. The van der Waals surface area contributed by atoms with Crippen molar-refractivity contribution in [3.05, 3.63) is 39.1 Å². The fourth-order valence-corrected chi connectivity index (χ4v) is 4.15. The number of halogens is 1. The highest BCUT2D eigenvalue weighted by molar-refractivity contribution is 9.10. The molecule has 0 saturated heterocycles. The third-order valence-corrected chi connectivity index (χ3v) is 4.91. The Morgan fingerprint density at radius 1 is 1.33 bits per heavy atom. The van der Waals surface area contributed by atoms with Crippen LogP contribution in [0.3, 0.4) is 0 Å². The molecule has 1 aliphatic heterocycles. The second-order valence-corrected chi connectivity index (χ2v) is 7.32. The fraction of sp³-hybridized carbons (Fsp3) is 0.474. The molecular weight excluding hydrogens is 370 g/mol. The van der Waals surface area contributed by atoms with E-state index < -0.39 is 11.5 Å². The molecule has 1 aromatic rings. The van der Waals surface area contributed by atoms with Crippen molar-refractivity contribution >= 4 is 33.4 Å². The van der Waals surface area contributed by atoms with Gasteiger partial charge in [-0.3, -0.25) is 9.59 Å². The standard InChI is InChI=1S/C19H24BrNO3/c1-6-8-19(5)17(24-12(4)22)16(18(23)21-19)15-13(7-2)9-11(3)10-14(15)20/h9-10H,6-8H2,1-5H3,(H,21,23). The van der Waals surface area contributed by atoms with E-state index in [0.29, 0.717) is 17.8 Å². The van der Waals surface area contributed by atoms with Crippen molar-refractivity contribution in [3.63, 3.8) is 0 Å². The molecular formula is C19H24BrNO3. The Hall–Kier alpha value is -1.62. The third kappa shape index (κ3) is 3.41. The van der Waals surface area contributed by atoms with E-state index in [1.54, 1.807) is 0 Å². The second kappa shape index (κ2) is 7.09. The van der Waals surface area contributed by atoms with Crippen molar-refractivity contribution in [2.75, 3.05) is 0 Å². The van der Waals surface area contributed by atoms with Crippen LogP contribution in [0.25, 0.3) is 5.57 Å². The Balaban J connectivity index is 2.76. The van der Waals surface area contributed by atoms with Crippen molar-refractivity contribution in [3.8, 4) is 0 Å². The van der Waals surface area contributed by atoms with Gasteiger partial charge in [-0.05, 0) is 43.9 Å². The van der Waals surface area contributed by atoms with Crippen LogP contribution >= 0.6 is 15.9 Å². The summed E-state index contributed by atoms with van der Waals surface area (Å²) in [5.74, 6) is -0.176. The van der Waals surface area contributed by atoms with Gasteiger partial charge in [0.15, 0.2) is 0 Å². The lowest BCUT2D eigenvalue weighted by Gasteiger charge is -2.26. The first-order chi connectivity index (χ1) is 11.2. The van der Waals surface area contributed by atoms with E-state index in [0.717, 1.165) is 34.0 Å². The minimum atomic E-state index is -0.665. The highest BCUT2D eigenvalue weighted by Gasteiger charge is 2.44. The van der Waals surface area contributed by atoms with Gasteiger partial charge in [-0.25, -0.2) is 0 Å². The molecule has 4 nitrogen and oxygen atoms in total. The summed E-state index contributed by atoms with van der Waals surface area (Å²) in [4.78, 5) is 24.4. The van der Waals surface area contributed by atoms with Crippen molar-refractivity contribution in [2.24, 2.45) is 0 Å². The summed E-state index contributed by atoms with van der Waals surface area (Å²) in [5, 5.41) is 3.02. The number of esters is 1. The van der Waals surface area contributed by atoms with Gasteiger partial charge in [0.1, 0.15) is 5.76 Å². The summed E-state index contributed by atoms with van der Waals surface area (Å²) >= 11 is 3.59. The van der Waals surface area contributed by atoms with Gasteiger partial charge in [-0.15, -0.1) is 0 Å². The zero-order valence-electron chi connectivity index (χ0n) is 14.9. The maximum atomic E-state index is 12.8. The molecule has 1 aromatic carbocycles. The van der Waals surface area contributed by atoms with Gasteiger partial charge in [0.2, 0.25) is 0 Å². The van der Waals surface area contributed by atoms with E-state index >= 15 is 0 Å². The van der Waals surface area contributed by atoms with Crippen molar-refractivity contribution < 1.29 is 14.3 Å². The molecule has 0 saturated carbocycles. The summed E-state index contributed by atoms with van der Waals surface area (Å²) in [7, 11) is 0. The summed E-state index contributed by atoms with van der Waals surface area (Å²) in [6, 6.07) is 4.05. The summed E-state index contributed by atoms with van der Waals surface area (Å²) in [6.45, 7) is 9.39. The van der Waals surface area contributed by atoms with Crippen LogP contribution in [0.5, 0.6) is 0 Å². The van der Waals surface area contributed by atoms with Crippen LogP contribution in [-0.4, -0.2) is 17.4 Å². The molecule has 1 unspecified atom stereocenters. The number of amides is 1. The molecule has 0 aliphatic carbocycles. The molecule has 1 atom stereocenters. The zero-order valence-corrected chi connectivity index (χ0v) is 16.5. The van der Waals surface area contributed by atoms with Gasteiger partial charge >= 0.3 is 5.97 Å². The predicted molar refractivity (Wildman–Crippen MR) is 98.4 cm³/mol. The van der Waals surface area contributed by atoms with Crippen LogP contribution in [-0.2, 0) is 20.7 Å². The average molecular weight is 394 g/mol. The Kier molecular flexibility index (Phi) is 5.53. The minimum Gasteiger partial charge on any atom is -0.428 e. The van der Waals surface area contributed by atoms with E-state index in [2.05, 4.69) is 34.2 Å². The smallest absolute Gasteiger partial charge is 0.307 e. The van der Waals surface area contributed by atoms with Gasteiger partial charge in [-0.1, -0.05) is 42.3 Å². The third-order valence-electron chi connectivity index (χ3n) is 4.29. The number of hydrogen-bond acceptors (Lipinski definition) is 3. The minimum absolute atomic E-state index is 0.193. The number of hydrogen-bond donors (Lipinski definition) is 1. The lowest BCUT2D eigenvalue weighted by molar-refractivity contribution is -0.138. The molecule has 0 spiro atoms. The average Bonchev–Trinajstić information content (AvgIpc) is 2.69. The summed E-state index contributed by atoms with van der Waals surface area (Å²) in [5.41, 5.74) is 2.79. The number of benzene rings is 1. The first-order valence-corrected chi connectivity index (χ1v) is 9.07. The van der Waals surface area contributed by atoms with Crippen LogP contribution in [0.1, 0.15) is 57.2 Å². The lowest BCUT2D eigenvalue weighted by Crippen LogP contribution is -2.42. The Bertz CT molecular complexity index is 724. The van der Waals surface area contributed by atoms with Crippen LogP contribution in [0.4, 0.5) is 0 Å². The van der Waals surface area contributed by atoms with Crippen LogP contribution in [0, 0.1) is 6.92 Å². The Labute approximate surface area is 151 Å².